The lowest BCUT2D eigenvalue weighted by Crippen LogP contribution is -2.13. The van der Waals surface area contributed by atoms with E-state index in [1.807, 2.05) is 0 Å². The maximum Gasteiger partial charge on any atom is -0.0187 e. The van der Waals surface area contributed by atoms with E-state index in [0.717, 1.165) is 5.92 Å². The Morgan fingerprint density at radius 2 is 1.90 bits per heavy atom. The summed E-state index contributed by atoms with van der Waals surface area (Å²) in [5.41, 5.74) is 0.653. The Hall–Kier alpha value is -0.330. The second-order valence-corrected chi connectivity index (χ2v) is 3.78. The zero-order chi connectivity index (χ0) is 8.20. The molecule has 0 bridgehead atoms. The average molecular weight is 141 g/mol. The molecule has 1 heteroatoms. The minimum Gasteiger partial charge on any atom is -0.317 e. The maximum atomic E-state index is 5.50. The molecule has 1 aliphatic rings. The third-order valence-electron chi connectivity index (χ3n) is 2.79. The first kappa shape index (κ1) is 9.67. The fourth-order valence-electron chi connectivity index (χ4n) is 1.50. The molecule has 0 aromatic heterocycles. The Kier molecular flexibility index (Phi) is 3.62. The SMILES string of the molecule is C=N.C[C@H]1CCCC1(C)C. The Morgan fingerprint density at radius 3 is 2.00 bits per heavy atom. The molecule has 1 nitrogen and oxygen atoms in total. The summed E-state index contributed by atoms with van der Waals surface area (Å²) in [7, 11) is 0. The largest absolute Gasteiger partial charge is 0.317 e. The predicted octanol–water partition coefficient (Wildman–Crippen LogP) is 3.10. The molecular formula is C9H19N. The zero-order valence-corrected chi connectivity index (χ0v) is 7.41. The Labute approximate surface area is 64.3 Å². The highest BCUT2D eigenvalue weighted by molar-refractivity contribution is 5.15. The summed E-state index contributed by atoms with van der Waals surface area (Å²) in [4.78, 5) is 0. The zero-order valence-electron chi connectivity index (χ0n) is 7.41. The maximum absolute atomic E-state index is 5.50. The summed E-state index contributed by atoms with van der Waals surface area (Å²) < 4.78 is 0. The van der Waals surface area contributed by atoms with Gasteiger partial charge in [-0.3, -0.25) is 0 Å². The molecule has 0 radical (unpaired) electrons. The molecule has 1 N–H and O–H groups in total. The van der Waals surface area contributed by atoms with Crippen molar-refractivity contribution in [2.75, 3.05) is 0 Å². The van der Waals surface area contributed by atoms with Crippen LogP contribution < -0.4 is 0 Å². The Balaban J connectivity index is 0.000000371. The van der Waals surface area contributed by atoms with E-state index in [0.29, 0.717) is 5.41 Å². The monoisotopic (exact) mass is 141 g/mol. The van der Waals surface area contributed by atoms with E-state index in [9.17, 15) is 0 Å². The Morgan fingerprint density at radius 1 is 1.40 bits per heavy atom. The lowest BCUT2D eigenvalue weighted by molar-refractivity contribution is 0.281. The van der Waals surface area contributed by atoms with Gasteiger partial charge in [0, 0.05) is 0 Å². The van der Waals surface area contributed by atoms with Gasteiger partial charge in [-0.1, -0.05) is 33.6 Å². The standard InChI is InChI=1S/C8H16.CH3N/c1-7-5-4-6-8(7,2)3;1-2/h7H,4-6H2,1-3H3;2H,1H2/t7-;/m0./s1. The smallest absolute Gasteiger partial charge is 0.0187 e. The van der Waals surface area contributed by atoms with Crippen molar-refractivity contribution in [1.29, 1.82) is 5.41 Å². The minimum absolute atomic E-state index is 0.653. The van der Waals surface area contributed by atoms with Crippen LogP contribution in [0.15, 0.2) is 0 Å². The van der Waals surface area contributed by atoms with Gasteiger partial charge in [-0.2, -0.15) is 0 Å². The molecule has 0 spiro atoms. The van der Waals surface area contributed by atoms with Crippen molar-refractivity contribution in [3.63, 3.8) is 0 Å². The first-order chi connectivity index (χ1) is 4.63. The van der Waals surface area contributed by atoms with Gasteiger partial charge in [0.2, 0.25) is 0 Å². The van der Waals surface area contributed by atoms with Crippen LogP contribution >= 0.6 is 0 Å². The van der Waals surface area contributed by atoms with Crippen molar-refractivity contribution in [3.8, 4) is 0 Å². The molecule has 1 saturated carbocycles. The van der Waals surface area contributed by atoms with Gasteiger partial charge < -0.3 is 5.41 Å². The van der Waals surface area contributed by atoms with Crippen LogP contribution in [0.2, 0.25) is 0 Å². The van der Waals surface area contributed by atoms with Crippen LogP contribution in [0, 0.1) is 16.7 Å². The quantitative estimate of drug-likeness (QED) is 0.501. The number of hydrogen-bond donors (Lipinski definition) is 1. The summed E-state index contributed by atoms with van der Waals surface area (Å²) in [6.07, 6.45) is 4.34. The van der Waals surface area contributed by atoms with Crippen LogP contribution in [-0.2, 0) is 0 Å². The molecular weight excluding hydrogens is 122 g/mol. The number of nitrogens with one attached hydrogen (secondary N) is 1. The third-order valence-corrected chi connectivity index (χ3v) is 2.79. The summed E-state index contributed by atoms with van der Waals surface area (Å²) in [5.74, 6) is 0.961. The molecule has 0 unspecified atom stereocenters. The molecule has 1 rings (SSSR count). The van der Waals surface area contributed by atoms with Crippen LogP contribution in [0.3, 0.4) is 0 Å². The highest BCUT2D eigenvalue weighted by Crippen LogP contribution is 2.41. The normalized spacial score (nSPS) is 28.9. The highest BCUT2D eigenvalue weighted by atomic mass is 14.4. The first-order valence-electron chi connectivity index (χ1n) is 3.98. The minimum atomic E-state index is 0.653. The fourth-order valence-corrected chi connectivity index (χ4v) is 1.50. The molecule has 10 heavy (non-hydrogen) atoms. The molecule has 0 aliphatic heterocycles. The average Bonchev–Trinajstić information content (AvgIpc) is 2.17. The second-order valence-electron chi connectivity index (χ2n) is 3.78. The molecule has 1 atom stereocenters. The molecule has 0 saturated heterocycles. The fraction of sp³-hybridized carbons (Fsp3) is 0.889. The highest BCUT2D eigenvalue weighted by Gasteiger charge is 2.30. The van der Waals surface area contributed by atoms with E-state index < -0.39 is 0 Å². The predicted molar refractivity (Wildman–Crippen MR) is 46.6 cm³/mol. The Bertz CT molecular complexity index is 96.9. The van der Waals surface area contributed by atoms with Crippen LogP contribution in [0.4, 0.5) is 0 Å². The van der Waals surface area contributed by atoms with E-state index >= 15 is 0 Å². The van der Waals surface area contributed by atoms with Crippen LogP contribution in [0.1, 0.15) is 40.0 Å². The summed E-state index contributed by atoms with van der Waals surface area (Å²) in [6.45, 7) is 9.63. The molecule has 1 fully saturated rings. The summed E-state index contributed by atoms with van der Waals surface area (Å²) >= 11 is 0. The van der Waals surface area contributed by atoms with Crippen molar-refractivity contribution in [2.45, 2.75) is 40.0 Å². The molecule has 0 amide bonds. The molecule has 1 aliphatic carbocycles. The van der Waals surface area contributed by atoms with Crippen LogP contribution in [0.25, 0.3) is 0 Å². The first-order valence-corrected chi connectivity index (χ1v) is 3.98. The van der Waals surface area contributed by atoms with Gasteiger partial charge in [-0.15, -0.1) is 0 Å². The van der Waals surface area contributed by atoms with E-state index in [2.05, 4.69) is 27.5 Å². The molecule has 0 aromatic rings. The van der Waals surface area contributed by atoms with Crippen molar-refractivity contribution in [1.82, 2.24) is 0 Å². The van der Waals surface area contributed by atoms with Crippen molar-refractivity contribution in [2.24, 2.45) is 11.3 Å². The van der Waals surface area contributed by atoms with Crippen molar-refractivity contribution >= 4 is 6.72 Å². The van der Waals surface area contributed by atoms with Crippen LogP contribution in [0.5, 0.6) is 0 Å². The summed E-state index contributed by atoms with van der Waals surface area (Å²) in [5, 5.41) is 5.50. The lowest BCUT2D eigenvalue weighted by atomic mass is 9.83. The van der Waals surface area contributed by atoms with Gasteiger partial charge in [0.25, 0.3) is 0 Å². The van der Waals surface area contributed by atoms with Gasteiger partial charge in [0.05, 0.1) is 0 Å². The number of hydrogen-bond acceptors (Lipinski definition) is 1. The molecule has 0 heterocycles. The van der Waals surface area contributed by atoms with E-state index in [1.54, 1.807) is 0 Å². The third kappa shape index (κ3) is 2.13. The summed E-state index contributed by atoms with van der Waals surface area (Å²) in [6, 6.07) is 0. The second kappa shape index (κ2) is 3.75. The van der Waals surface area contributed by atoms with Gasteiger partial charge in [-0.05, 0) is 24.5 Å². The number of rotatable bonds is 0. The van der Waals surface area contributed by atoms with E-state index in [1.165, 1.54) is 19.3 Å². The van der Waals surface area contributed by atoms with Gasteiger partial charge >= 0.3 is 0 Å². The van der Waals surface area contributed by atoms with Gasteiger partial charge in [-0.25, -0.2) is 0 Å². The van der Waals surface area contributed by atoms with Crippen molar-refractivity contribution in [3.05, 3.63) is 0 Å². The van der Waals surface area contributed by atoms with E-state index in [-0.39, 0.29) is 0 Å². The molecule has 0 aromatic carbocycles. The van der Waals surface area contributed by atoms with Crippen molar-refractivity contribution < 1.29 is 0 Å². The van der Waals surface area contributed by atoms with E-state index in [4.69, 9.17) is 5.41 Å². The van der Waals surface area contributed by atoms with Gasteiger partial charge in [0.1, 0.15) is 0 Å². The van der Waals surface area contributed by atoms with Gasteiger partial charge in [0.15, 0.2) is 0 Å². The lowest BCUT2D eigenvalue weighted by Gasteiger charge is -2.22. The topological polar surface area (TPSA) is 23.9 Å². The van der Waals surface area contributed by atoms with Crippen LogP contribution in [-0.4, -0.2) is 6.72 Å². The molecule has 60 valence electrons.